The molecular weight excluding hydrogens is 292 g/mol. The number of benzene rings is 2. The molecule has 2 aromatic carbocycles. The molecule has 0 atom stereocenters. The van der Waals surface area contributed by atoms with Crippen molar-refractivity contribution in [3.05, 3.63) is 60.2 Å². The van der Waals surface area contributed by atoms with E-state index in [2.05, 4.69) is 29.2 Å². The predicted molar refractivity (Wildman–Crippen MR) is 91.3 cm³/mol. The average Bonchev–Trinajstić information content (AvgIpc) is 2.86. The standard InChI is InChI=1S/C18H18N2OS/c1-14(21)13-20-17-10-6-5-9-16(17)19-18(20)22-12-11-15-7-3-2-4-8-15/h2-10H,11-13H2,1H3. The number of rotatable bonds is 6. The van der Waals surface area contributed by atoms with Gasteiger partial charge in [-0.2, -0.15) is 0 Å². The normalized spacial score (nSPS) is 11.0. The van der Waals surface area contributed by atoms with E-state index in [9.17, 15) is 4.79 Å². The Bertz CT molecular complexity index is 780. The molecule has 0 aliphatic carbocycles. The molecule has 3 nitrogen and oxygen atoms in total. The van der Waals surface area contributed by atoms with Crippen molar-refractivity contribution in [1.82, 2.24) is 9.55 Å². The maximum atomic E-state index is 11.5. The molecule has 0 N–H and O–H groups in total. The Kier molecular flexibility index (Phi) is 4.59. The molecule has 0 unspecified atom stereocenters. The van der Waals surface area contributed by atoms with Gasteiger partial charge in [0.05, 0.1) is 17.6 Å². The first-order valence-electron chi connectivity index (χ1n) is 7.35. The molecule has 0 aliphatic rings. The topological polar surface area (TPSA) is 34.9 Å². The number of imidazole rings is 1. The van der Waals surface area contributed by atoms with Crippen molar-refractivity contribution in [3.63, 3.8) is 0 Å². The van der Waals surface area contributed by atoms with Gasteiger partial charge in [0.25, 0.3) is 0 Å². The number of ketones is 1. The molecule has 0 bridgehead atoms. The lowest BCUT2D eigenvalue weighted by Gasteiger charge is -2.06. The lowest BCUT2D eigenvalue weighted by molar-refractivity contribution is -0.117. The fourth-order valence-electron chi connectivity index (χ4n) is 2.44. The van der Waals surface area contributed by atoms with Crippen LogP contribution in [0.2, 0.25) is 0 Å². The zero-order valence-electron chi connectivity index (χ0n) is 12.5. The van der Waals surface area contributed by atoms with Gasteiger partial charge in [0.1, 0.15) is 5.78 Å². The highest BCUT2D eigenvalue weighted by Gasteiger charge is 2.12. The molecule has 112 valence electrons. The van der Waals surface area contributed by atoms with E-state index in [4.69, 9.17) is 0 Å². The Hall–Kier alpha value is -2.07. The summed E-state index contributed by atoms with van der Waals surface area (Å²) in [5.74, 6) is 1.10. The number of fused-ring (bicyclic) bond motifs is 1. The van der Waals surface area contributed by atoms with Gasteiger partial charge in [-0.05, 0) is 31.0 Å². The minimum absolute atomic E-state index is 0.146. The number of Topliss-reactive ketones (excluding diaryl/α,β-unsaturated/α-hetero) is 1. The number of carbonyl (C=O) groups is 1. The van der Waals surface area contributed by atoms with Crippen LogP contribution in [0.25, 0.3) is 11.0 Å². The van der Waals surface area contributed by atoms with E-state index in [-0.39, 0.29) is 5.78 Å². The third-order valence-electron chi connectivity index (χ3n) is 3.47. The minimum atomic E-state index is 0.146. The van der Waals surface area contributed by atoms with Crippen molar-refractivity contribution in [2.24, 2.45) is 0 Å². The average molecular weight is 310 g/mol. The van der Waals surface area contributed by atoms with E-state index < -0.39 is 0 Å². The van der Waals surface area contributed by atoms with Crippen molar-refractivity contribution in [1.29, 1.82) is 0 Å². The molecule has 1 heterocycles. The second-order valence-electron chi connectivity index (χ2n) is 5.26. The maximum Gasteiger partial charge on any atom is 0.169 e. The molecule has 0 saturated heterocycles. The van der Waals surface area contributed by atoms with Crippen molar-refractivity contribution in [2.75, 3.05) is 5.75 Å². The molecule has 0 radical (unpaired) electrons. The molecule has 1 aromatic heterocycles. The summed E-state index contributed by atoms with van der Waals surface area (Å²) in [4.78, 5) is 16.2. The zero-order valence-corrected chi connectivity index (χ0v) is 13.3. The molecule has 3 aromatic rings. The molecule has 4 heteroatoms. The molecule has 22 heavy (non-hydrogen) atoms. The number of aromatic nitrogens is 2. The van der Waals surface area contributed by atoms with Gasteiger partial charge in [-0.25, -0.2) is 4.98 Å². The molecule has 3 rings (SSSR count). The summed E-state index contributed by atoms with van der Waals surface area (Å²) < 4.78 is 2.02. The van der Waals surface area contributed by atoms with Crippen LogP contribution in [-0.4, -0.2) is 21.1 Å². The highest BCUT2D eigenvalue weighted by Crippen LogP contribution is 2.24. The van der Waals surface area contributed by atoms with E-state index in [1.54, 1.807) is 18.7 Å². The van der Waals surface area contributed by atoms with Crippen LogP contribution in [0, 0.1) is 0 Å². The van der Waals surface area contributed by atoms with Gasteiger partial charge in [-0.1, -0.05) is 54.2 Å². The Morgan fingerprint density at radius 1 is 1.09 bits per heavy atom. The largest absolute Gasteiger partial charge is 0.311 e. The smallest absolute Gasteiger partial charge is 0.169 e. The summed E-state index contributed by atoms with van der Waals surface area (Å²) in [6, 6.07) is 18.4. The molecule has 0 amide bonds. The first kappa shape index (κ1) is 14.9. The molecule has 0 spiro atoms. The van der Waals surface area contributed by atoms with Crippen LogP contribution in [0.3, 0.4) is 0 Å². The lowest BCUT2D eigenvalue weighted by atomic mass is 10.2. The Morgan fingerprint density at radius 3 is 2.59 bits per heavy atom. The lowest BCUT2D eigenvalue weighted by Crippen LogP contribution is -2.07. The third-order valence-corrected chi connectivity index (χ3v) is 4.44. The Morgan fingerprint density at radius 2 is 1.82 bits per heavy atom. The number of carbonyl (C=O) groups excluding carboxylic acids is 1. The molecule has 0 fully saturated rings. The van der Waals surface area contributed by atoms with Crippen molar-refractivity contribution in [2.45, 2.75) is 25.0 Å². The van der Waals surface area contributed by atoms with E-state index in [1.807, 2.05) is 34.9 Å². The van der Waals surface area contributed by atoms with Gasteiger partial charge in [0.2, 0.25) is 0 Å². The first-order valence-corrected chi connectivity index (χ1v) is 8.34. The van der Waals surface area contributed by atoms with Crippen LogP contribution in [0.1, 0.15) is 12.5 Å². The Balaban J connectivity index is 1.78. The number of hydrogen-bond donors (Lipinski definition) is 0. The van der Waals surface area contributed by atoms with Crippen LogP contribution in [0.5, 0.6) is 0 Å². The van der Waals surface area contributed by atoms with Gasteiger partial charge in [0, 0.05) is 5.75 Å². The summed E-state index contributed by atoms with van der Waals surface area (Å²) in [7, 11) is 0. The molecule has 0 saturated carbocycles. The highest BCUT2D eigenvalue weighted by atomic mass is 32.2. The van der Waals surface area contributed by atoms with Crippen molar-refractivity contribution < 1.29 is 4.79 Å². The number of para-hydroxylation sites is 2. The minimum Gasteiger partial charge on any atom is -0.311 e. The molecular formula is C18H18N2OS. The summed E-state index contributed by atoms with van der Waals surface area (Å²) in [5, 5.41) is 0.923. The predicted octanol–water partition coefficient (Wildman–Crippen LogP) is 3.96. The van der Waals surface area contributed by atoms with Crippen LogP contribution < -0.4 is 0 Å². The van der Waals surface area contributed by atoms with Gasteiger partial charge >= 0.3 is 0 Å². The number of nitrogens with zero attached hydrogens (tertiary/aromatic N) is 2. The summed E-state index contributed by atoms with van der Waals surface area (Å²) >= 11 is 1.71. The fourth-order valence-corrected chi connectivity index (χ4v) is 3.45. The number of aryl methyl sites for hydroxylation is 1. The second-order valence-corrected chi connectivity index (χ2v) is 6.32. The van der Waals surface area contributed by atoms with Crippen molar-refractivity contribution in [3.8, 4) is 0 Å². The summed E-state index contributed by atoms with van der Waals surface area (Å²) in [6.45, 7) is 2.00. The van der Waals surface area contributed by atoms with E-state index in [0.29, 0.717) is 6.54 Å². The fraction of sp³-hybridized carbons (Fsp3) is 0.222. The van der Waals surface area contributed by atoms with Crippen molar-refractivity contribution >= 4 is 28.6 Å². The maximum absolute atomic E-state index is 11.5. The quantitative estimate of drug-likeness (QED) is 0.646. The van der Waals surface area contributed by atoms with Gasteiger partial charge < -0.3 is 4.57 Å². The van der Waals surface area contributed by atoms with Crippen LogP contribution in [-0.2, 0) is 17.8 Å². The summed E-state index contributed by atoms with van der Waals surface area (Å²) in [6.07, 6.45) is 0.995. The third kappa shape index (κ3) is 3.39. The number of hydrogen-bond acceptors (Lipinski definition) is 3. The van der Waals surface area contributed by atoms with Gasteiger partial charge in [-0.15, -0.1) is 0 Å². The van der Waals surface area contributed by atoms with Crippen LogP contribution in [0.15, 0.2) is 59.8 Å². The highest BCUT2D eigenvalue weighted by molar-refractivity contribution is 7.99. The van der Waals surface area contributed by atoms with E-state index in [1.165, 1.54) is 5.56 Å². The zero-order chi connectivity index (χ0) is 15.4. The van der Waals surface area contributed by atoms with E-state index >= 15 is 0 Å². The van der Waals surface area contributed by atoms with Gasteiger partial charge in [-0.3, -0.25) is 4.79 Å². The number of thioether (sulfide) groups is 1. The monoisotopic (exact) mass is 310 g/mol. The SMILES string of the molecule is CC(=O)Cn1c(SCCc2ccccc2)nc2ccccc21. The first-order chi connectivity index (χ1) is 10.7. The van der Waals surface area contributed by atoms with E-state index in [0.717, 1.165) is 28.4 Å². The molecule has 0 aliphatic heterocycles. The Labute approximate surface area is 134 Å². The van der Waals surface area contributed by atoms with Crippen LogP contribution >= 0.6 is 11.8 Å². The van der Waals surface area contributed by atoms with Gasteiger partial charge in [0.15, 0.2) is 5.16 Å². The summed E-state index contributed by atoms with van der Waals surface area (Å²) in [5.41, 5.74) is 3.30. The van der Waals surface area contributed by atoms with Crippen LogP contribution in [0.4, 0.5) is 0 Å². The second kappa shape index (κ2) is 6.79.